The molecule has 50 valence electrons. The van der Waals surface area contributed by atoms with E-state index in [-0.39, 0.29) is 17.6 Å². The quantitative estimate of drug-likeness (QED) is 0.444. The van der Waals surface area contributed by atoms with Crippen molar-refractivity contribution in [1.29, 1.82) is 5.41 Å². The van der Waals surface area contributed by atoms with Crippen molar-refractivity contribution < 1.29 is 0 Å². The van der Waals surface area contributed by atoms with Crippen molar-refractivity contribution in [3.8, 4) is 0 Å². The summed E-state index contributed by atoms with van der Waals surface area (Å²) in [5.74, 6) is 0. The van der Waals surface area contributed by atoms with Crippen LogP contribution in [0.5, 0.6) is 0 Å². The van der Waals surface area contributed by atoms with E-state index >= 15 is 0 Å². The molecule has 0 aliphatic carbocycles. The summed E-state index contributed by atoms with van der Waals surface area (Å²) in [4.78, 5) is 0. The third-order valence-electron chi connectivity index (χ3n) is 0.363. The second-order valence-corrected chi connectivity index (χ2v) is 3.15. The molecular weight excluding hydrogens is 144 g/mol. The Bertz CT molecular complexity index is 74.4. The zero-order valence-electron chi connectivity index (χ0n) is 4.97. The maximum Gasteiger partial charge on any atom is 0.151 e. The van der Waals surface area contributed by atoms with Gasteiger partial charge < -0.3 is 5.73 Å². The predicted octanol–water partition coefficient (Wildman–Crippen LogP) is 1.44. The molecule has 0 aliphatic heterocycles. The maximum absolute atomic E-state index is 6.77. The van der Waals surface area contributed by atoms with Crippen LogP contribution >= 0.6 is 24.2 Å². The van der Waals surface area contributed by atoms with Crippen LogP contribution in [0.25, 0.3) is 0 Å². The Hall–Kier alpha value is 0.110. The lowest BCUT2D eigenvalue weighted by Gasteiger charge is -1.97. The lowest BCUT2D eigenvalue weighted by molar-refractivity contribution is 1.12. The van der Waals surface area contributed by atoms with Gasteiger partial charge in [0.2, 0.25) is 0 Å². The fourth-order valence-electron chi connectivity index (χ4n) is 0.254. The second-order valence-electron chi connectivity index (χ2n) is 1.53. The first kappa shape index (κ1) is 11.0. The zero-order chi connectivity index (χ0) is 5.86. The summed E-state index contributed by atoms with van der Waals surface area (Å²) in [7, 11) is 0. The summed E-state index contributed by atoms with van der Waals surface area (Å²) >= 11 is 1.37. The summed E-state index contributed by atoms with van der Waals surface area (Å²) in [5, 5.41) is 7.41. The van der Waals surface area contributed by atoms with Gasteiger partial charge in [0.15, 0.2) is 5.17 Å². The number of nitrogens with one attached hydrogen (secondary N) is 1. The van der Waals surface area contributed by atoms with Crippen molar-refractivity contribution >= 4 is 29.3 Å². The number of nitrogens with two attached hydrogens (primary N) is 1. The van der Waals surface area contributed by atoms with Gasteiger partial charge in [-0.2, -0.15) is 0 Å². The molecule has 0 rings (SSSR count). The zero-order valence-corrected chi connectivity index (χ0v) is 6.60. The first-order valence-corrected chi connectivity index (χ1v) is 3.01. The number of amidine groups is 1. The average molecular weight is 155 g/mol. The minimum absolute atomic E-state index is 0. The normalized spacial score (nSPS) is 8.38. The number of hydrogen-bond acceptors (Lipinski definition) is 2. The van der Waals surface area contributed by atoms with E-state index in [2.05, 4.69) is 0 Å². The van der Waals surface area contributed by atoms with Crippen LogP contribution in [-0.2, 0) is 0 Å². The van der Waals surface area contributed by atoms with Gasteiger partial charge in [0.05, 0.1) is 0 Å². The monoisotopic (exact) mass is 154 g/mol. The van der Waals surface area contributed by atoms with E-state index in [0.717, 1.165) is 0 Å². The molecule has 0 aliphatic rings. The molecule has 0 radical (unpaired) electrons. The second kappa shape index (κ2) is 5.25. The van der Waals surface area contributed by atoms with Gasteiger partial charge in [-0.3, -0.25) is 5.41 Å². The molecule has 0 aromatic carbocycles. The van der Waals surface area contributed by atoms with Crippen molar-refractivity contribution in [2.45, 2.75) is 19.1 Å². The summed E-state index contributed by atoms with van der Waals surface area (Å²) < 4.78 is 0. The van der Waals surface area contributed by atoms with Crippen LogP contribution in [0.3, 0.4) is 0 Å². The maximum atomic E-state index is 6.77. The molecule has 4 heteroatoms. The van der Waals surface area contributed by atoms with Crippen molar-refractivity contribution in [1.82, 2.24) is 0 Å². The van der Waals surface area contributed by atoms with Gasteiger partial charge in [-0.25, -0.2) is 0 Å². The van der Waals surface area contributed by atoms with Gasteiger partial charge in [0.25, 0.3) is 0 Å². The van der Waals surface area contributed by atoms with Crippen molar-refractivity contribution in [2.24, 2.45) is 5.73 Å². The molecule has 0 saturated carbocycles. The highest BCUT2D eigenvalue weighted by Crippen LogP contribution is 2.05. The van der Waals surface area contributed by atoms with Crippen molar-refractivity contribution in [2.75, 3.05) is 0 Å². The highest BCUT2D eigenvalue weighted by molar-refractivity contribution is 8.14. The molecule has 0 amide bonds. The smallest absolute Gasteiger partial charge is 0.151 e. The molecule has 8 heavy (non-hydrogen) atoms. The van der Waals surface area contributed by atoms with Crippen LogP contribution in [0.4, 0.5) is 0 Å². The molecule has 0 heterocycles. The highest BCUT2D eigenvalue weighted by Gasteiger charge is 1.93. The molecule has 0 bridgehead atoms. The van der Waals surface area contributed by atoms with Gasteiger partial charge in [0, 0.05) is 5.25 Å². The number of thioether (sulfide) groups is 1. The molecule has 0 saturated heterocycles. The van der Waals surface area contributed by atoms with Crippen LogP contribution in [0.15, 0.2) is 0 Å². The average Bonchev–Trinajstić information content (AvgIpc) is 1.27. The SMILES string of the molecule is CC(C)SC(=N)N.Cl. The Labute approximate surface area is 60.1 Å². The highest BCUT2D eigenvalue weighted by atomic mass is 35.5. The van der Waals surface area contributed by atoms with E-state index in [1.54, 1.807) is 0 Å². The Morgan fingerprint density at radius 1 is 1.62 bits per heavy atom. The minimum atomic E-state index is 0. The first-order chi connectivity index (χ1) is 3.13. The summed E-state index contributed by atoms with van der Waals surface area (Å²) in [6, 6.07) is 0. The third-order valence-corrected chi connectivity index (χ3v) is 1.09. The van der Waals surface area contributed by atoms with Crippen molar-refractivity contribution in [3.05, 3.63) is 0 Å². The van der Waals surface area contributed by atoms with E-state index in [1.807, 2.05) is 13.8 Å². The molecule has 0 atom stereocenters. The van der Waals surface area contributed by atoms with Crippen molar-refractivity contribution in [3.63, 3.8) is 0 Å². The van der Waals surface area contributed by atoms with Crippen LogP contribution in [0, 0.1) is 5.41 Å². The van der Waals surface area contributed by atoms with Gasteiger partial charge in [-0.15, -0.1) is 12.4 Å². The van der Waals surface area contributed by atoms with E-state index in [9.17, 15) is 0 Å². The molecule has 0 aromatic rings. The molecule has 0 spiro atoms. The number of hydrogen-bond donors (Lipinski definition) is 2. The van der Waals surface area contributed by atoms with Gasteiger partial charge in [0.1, 0.15) is 0 Å². The molecule has 3 N–H and O–H groups in total. The van der Waals surface area contributed by atoms with Crippen LogP contribution in [-0.4, -0.2) is 10.4 Å². The first-order valence-electron chi connectivity index (χ1n) is 2.13. The number of rotatable bonds is 1. The molecule has 2 nitrogen and oxygen atoms in total. The van der Waals surface area contributed by atoms with Gasteiger partial charge >= 0.3 is 0 Å². The summed E-state index contributed by atoms with van der Waals surface area (Å²) in [6.07, 6.45) is 0. The Morgan fingerprint density at radius 2 is 2.00 bits per heavy atom. The third kappa shape index (κ3) is 9.44. The van der Waals surface area contributed by atoms with Gasteiger partial charge in [-0.1, -0.05) is 25.6 Å². The van der Waals surface area contributed by atoms with E-state index in [0.29, 0.717) is 5.25 Å². The van der Waals surface area contributed by atoms with E-state index in [1.165, 1.54) is 11.8 Å². The fourth-order valence-corrected chi connectivity index (χ4v) is 0.762. The molecule has 0 aromatic heterocycles. The van der Waals surface area contributed by atoms with Crippen LogP contribution in [0.2, 0.25) is 0 Å². The minimum Gasteiger partial charge on any atom is -0.379 e. The predicted molar refractivity (Wildman–Crippen MR) is 41.9 cm³/mol. The lowest BCUT2D eigenvalue weighted by atomic mass is 10.6. The Kier molecular flexibility index (Phi) is 7.21. The molecule has 0 fully saturated rings. The summed E-state index contributed by atoms with van der Waals surface area (Å²) in [5.41, 5.74) is 5.04. The fraction of sp³-hybridized carbons (Fsp3) is 0.750. The Morgan fingerprint density at radius 3 is 2.00 bits per heavy atom. The Balaban J connectivity index is 0. The topological polar surface area (TPSA) is 49.9 Å². The van der Waals surface area contributed by atoms with Gasteiger partial charge in [-0.05, 0) is 0 Å². The standard InChI is InChI=1S/C4H10N2S.ClH/c1-3(2)7-4(5)6;/h3H,1-2H3,(H3,5,6);1H. The lowest BCUT2D eigenvalue weighted by Crippen LogP contribution is -2.06. The largest absolute Gasteiger partial charge is 0.379 e. The molecule has 0 unspecified atom stereocenters. The van der Waals surface area contributed by atoms with Crippen LogP contribution in [0.1, 0.15) is 13.8 Å². The van der Waals surface area contributed by atoms with Crippen LogP contribution < -0.4 is 5.73 Å². The molecular formula is C4H11ClN2S. The summed E-state index contributed by atoms with van der Waals surface area (Å²) in [6.45, 7) is 4.01. The number of halogens is 1. The van der Waals surface area contributed by atoms with E-state index in [4.69, 9.17) is 11.1 Å². The van der Waals surface area contributed by atoms with E-state index < -0.39 is 0 Å².